The highest BCUT2D eigenvalue weighted by Crippen LogP contribution is 2.16. The fourth-order valence-electron chi connectivity index (χ4n) is 1.66. The zero-order valence-corrected chi connectivity index (χ0v) is 9.03. The quantitative estimate of drug-likeness (QED) is 0.686. The van der Waals surface area contributed by atoms with Gasteiger partial charge in [0.05, 0.1) is 0 Å². The fourth-order valence-corrected chi connectivity index (χ4v) is 1.66. The first-order valence-electron chi connectivity index (χ1n) is 5.67. The molecule has 0 spiro atoms. The van der Waals surface area contributed by atoms with Crippen molar-refractivity contribution in [1.82, 2.24) is 5.32 Å². The molecule has 1 rings (SSSR count). The van der Waals surface area contributed by atoms with Crippen molar-refractivity contribution in [2.75, 3.05) is 6.54 Å². The monoisotopic (exact) mass is 171 g/mol. The zero-order valence-electron chi connectivity index (χ0n) is 9.03. The molecule has 74 valence electrons. The molecule has 1 nitrogen and oxygen atoms in total. The molecule has 12 heavy (non-hydrogen) atoms. The average Bonchev–Trinajstić information content (AvgIpc) is 2.19. The van der Waals surface area contributed by atoms with Gasteiger partial charge < -0.3 is 5.32 Å². The van der Waals surface area contributed by atoms with Crippen molar-refractivity contribution in [3.8, 4) is 0 Å². The van der Waals surface area contributed by atoms with Crippen LogP contribution >= 0.6 is 0 Å². The van der Waals surface area contributed by atoms with Crippen molar-refractivity contribution < 1.29 is 0 Å². The van der Waals surface area contributed by atoms with Crippen molar-refractivity contribution in [2.24, 2.45) is 0 Å². The number of hydrogen-bond donors (Lipinski definition) is 1. The molecule has 0 bridgehead atoms. The second-order valence-electron chi connectivity index (χ2n) is 3.29. The van der Waals surface area contributed by atoms with E-state index in [2.05, 4.69) is 12.2 Å². The van der Waals surface area contributed by atoms with Crippen molar-refractivity contribution >= 4 is 0 Å². The molecule has 1 saturated carbocycles. The smallest absolute Gasteiger partial charge is 0.00670 e. The van der Waals surface area contributed by atoms with E-state index in [4.69, 9.17) is 0 Å². The molecule has 1 aliphatic carbocycles. The normalized spacial score (nSPS) is 18.2. The van der Waals surface area contributed by atoms with E-state index < -0.39 is 0 Å². The molecular weight excluding hydrogens is 146 g/mol. The number of hydrogen-bond acceptors (Lipinski definition) is 1. The standard InChI is InChI=1S/C9H19N.C2H6/c1-2-8-10-9-6-4-3-5-7-9;1-2/h9-10H,2-8H2,1H3;1-2H3. The summed E-state index contributed by atoms with van der Waals surface area (Å²) >= 11 is 0. The van der Waals surface area contributed by atoms with Crippen LogP contribution in [0, 0.1) is 0 Å². The molecule has 1 fully saturated rings. The Morgan fingerprint density at radius 1 is 1.08 bits per heavy atom. The van der Waals surface area contributed by atoms with E-state index in [9.17, 15) is 0 Å². The minimum absolute atomic E-state index is 0.855. The van der Waals surface area contributed by atoms with Crippen LogP contribution in [0.5, 0.6) is 0 Å². The molecule has 1 N–H and O–H groups in total. The molecule has 0 aromatic rings. The zero-order chi connectivity index (χ0) is 9.23. The molecule has 0 aromatic carbocycles. The van der Waals surface area contributed by atoms with Gasteiger partial charge in [-0.25, -0.2) is 0 Å². The van der Waals surface area contributed by atoms with Crippen LogP contribution in [-0.4, -0.2) is 12.6 Å². The van der Waals surface area contributed by atoms with Gasteiger partial charge in [0, 0.05) is 6.04 Å². The molecule has 1 aliphatic rings. The molecule has 0 radical (unpaired) electrons. The van der Waals surface area contributed by atoms with Gasteiger partial charge in [-0.15, -0.1) is 0 Å². The summed E-state index contributed by atoms with van der Waals surface area (Å²) < 4.78 is 0. The van der Waals surface area contributed by atoms with Crippen LogP contribution in [0.25, 0.3) is 0 Å². The van der Waals surface area contributed by atoms with Gasteiger partial charge in [0.2, 0.25) is 0 Å². The van der Waals surface area contributed by atoms with Crippen molar-refractivity contribution in [1.29, 1.82) is 0 Å². The predicted octanol–water partition coefficient (Wildman–Crippen LogP) is 3.34. The third-order valence-electron chi connectivity index (χ3n) is 2.29. The SMILES string of the molecule is CC.CCCNC1CCCCC1. The Morgan fingerprint density at radius 3 is 2.17 bits per heavy atom. The van der Waals surface area contributed by atoms with Crippen LogP contribution in [-0.2, 0) is 0 Å². The summed E-state index contributed by atoms with van der Waals surface area (Å²) in [6.45, 7) is 7.44. The molecule has 0 atom stereocenters. The molecule has 0 heterocycles. The summed E-state index contributed by atoms with van der Waals surface area (Å²) in [4.78, 5) is 0. The Labute approximate surface area is 77.9 Å². The van der Waals surface area contributed by atoms with E-state index in [0.717, 1.165) is 6.04 Å². The Balaban J connectivity index is 0.000000561. The lowest BCUT2D eigenvalue weighted by atomic mass is 9.95. The Hall–Kier alpha value is -0.0400. The van der Waals surface area contributed by atoms with E-state index in [-0.39, 0.29) is 0 Å². The Morgan fingerprint density at radius 2 is 1.67 bits per heavy atom. The van der Waals surface area contributed by atoms with Crippen LogP contribution in [0.1, 0.15) is 59.3 Å². The maximum absolute atomic E-state index is 3.57. The molecule has 1 heteroatoms. The van der Waals surface area contributed by atoms with Crippen LogP contribution in [0.15, 0.2) is 0 Å². The summed E-state index contributed by atoms with van der Waals surface area (Å²) in [7, 11) is 0. The molecule has 0 aliphatic heterocycles. The topological polar surface area (TPSA) is 12.0 Å². The highest BCUT2D eigenvalue weighted by Gasteiger charge is 2.10. The van der Waals surface area contributed by atoms with Crippen LogP contribution < -0.4 is 5.32 Å². The lowest BCUT2D eigenvalue weighted by Crippen LogP contribution is -2.31. The second-order valence-corrected chi connectivity index (χ2v) is 3.29. The van der Waals surface area contributed by atoms with Gasteiger partial charge in [-0.2, -0.15) is 0 Å². The van der Waals surface area contributed by atoms with Gasteiger partial charge in [0.25, 0.3) is 0 Å². The first-order chi connectivity index (χ1) is 5.93. The van der Waals surface area contributed by atoms with E-state index in [1.54, 1.807) is 0 Å². The van der Waals surface area contributed by atoms with Gasteiger partial charge in [-0.1, -0.05) is 40.0 Å². The van der Waals surface area contributed by atoms with Gasteiger partial charge in [-0.3, -0.25) is 0 Å². The van der Waals surface area contributed by atoms with Crippen molar-refractivity contribution in [3.63, 3.8) is 0 Å². The van der Waals surface area contributed by atoms with E-state index in [0.29, 0.717) is 0 Å². The van der Waals surface area contributed by atoms with Gasteiger partial charge in [0.1, 0.15) is 0 Å². The largest absolute Gasteiger partial charge is 0.314 e. The maximum Gasteiger partial charge on any atom is 0.00670 e. The lowest BCUT2D eigenvalue weighted by molar-refractivity contribution is 0.374. The van der Waals surface area contributed by atoms with Crippen LogP contribution in [0.2, 0.25) is 0 Å². The molecule has 0 unspecified atom stereocenters. The summed E-state index contributed by atoms with van der Waals surface area (Å²) in [6, 6.07) is 0.855. The van der Waals surface area contributed by atoms with Crippen LogP contribution in [0.4, 0.5) is 0 Å². The lowest BCUT2D eigenvalue weighted by Gasteiger charge is -2.22. The Bertz CT molecular complexity index is 75.1. The average molecular weight is 171 g/mol. The number of nitrogens with one attached hydrogen (secondary N) is 1. The van der Waals surface area contributed by atoms with Crippen LogP contribution in [0.3, 0.4) is 0 Å². The number of rotatable bonds is 3. The molecule has 0 amide bonds. The molecule has 0 aromatic heterocycles. The van der Waals surface area contributed by atoms with E-state index >= 15 is 0 Å². The predicted molar refractivity (Wildman–Crippen MR) is 56.5 cm³/mol. The first-order valence-corrected chi connectivity index (χ1v) is 5.67. The van der Waals surface area contributed by atoms with E-state index in [1.165, 1.54) is 45.1 Å². The fraction of sp³-hybridized carbons (Fsp3) is 1.00. The van der Waals surface area contributed by atoms with E-state index in [1.807, 2.05) is 13.8 Å². The van der Waals surface area contributed by atoms with Gasteiger partial charge in [-0.05, 0) is 25.8 Å². The van der Waals surface area contributed by atoms with Crippen molar-refractivity contribution in [2.45, 2.75) is 65.3 Å². The Kier molecular flexibility index (Phi) is 9.02. The third-order valence-corrected chi connectivity index (χ3v) is 2.29. The summed E-state index contributed by atoms with van der Waals surface area (Å²) in [6.07, 6.45) is 8.46. The summed E-state index contributed by atoms with van der Waals surface area (Å²) in [5.41, 5.74) is 0. The summed E-state index contributed by atoms with van der Waals surface area (Å²) in [5, 5.41) is 3.57. The van der Waals surface area contributed by atoms with Gasteiger partial charge >= 0.3 is 0 Å². The second kappa shape index (κ2) is 9.05. The minimum atomic E-state index is 0.855. The third kappa shape index (κ3) is 5.59. The maximum atomic E-state index is 3.57. The molecular formula is C11H25N. The molecule has 0 saturated heterocycles. The highest BCUT2D eigenvalue weighted by molar-refractivity contribution is 4.70. The first kappa shape index (κ1) is 12.0. The highest BCUT2D eigenvalue weighted by atomic mass is 14.9. The van der Waals surface area contributed by atoms with Crippen molar-refractivity contribution in [3.05, 3.63) is 0 Å². The van der Waals surface area contributed by atoms with Gasteiger partial charge in [0.15, 0.2) is 0 Å². The minimum Gasteiger partial charge on any atom is -0.314 e. The summed E-state index contributed by atoms with van der Waals surface area (Å²) in [5.74, 6) is 0.